The Hall–Kier alpha value is -1.31. The number of carbonyl (C=O) groups is 1. The molecule has 0 saturated carbocycles. The van der Waals surface area contributed by atoms with Crippen molar-refractivity contribution in [3.05, 3.63) is 35.9 Å². The molecule has 2 fully saturated rings. The summed E-state index contributed by atoms with van der Waals surface area (Å²) in [5.74, 6) is -1.54. The topological polar surface area (TPSA) is 63.2 Å². The van der Waals surface area contributed by atoms with Gasteiger partial charge in [0.15, 0.2) is 17.9 Å². The molecule has 0 N–H and O–H groups in total. The molecule has 3 rings (SSSR count). The van der Waals surface area contributed by atoms with E-state index in [0.717, 1.165) is 11.8 Å². The van der Waals surface area contributed by atoms with Crippen LogP contribution in [-0.4, -0.2) is 48.9 Å². The van der Waals surface area contributed by atoms with E-state index < -0.39 is 29.9 Å². The van der Waals surface area contributed by atoms with E-state index in [1.807, 2.05) is 44.2 Å². The molecule has 25 heavy (non-hydrogen) atoms. The lowest BCUT2D eigenvalue weighted by molar-refractivity contribution is -0.190. The molecule has 138 valence electrons. The summed E-state index contributed by atoms with van der Waals surface area (Å²) in [5, 5.41) is 0. The predicted molar refractivity (Wildman–Crippen MR) is 89.8 cm³/mol. The fourth-order valence-electron chi connectivity index (χ4n) is 3.23. The first-order valence-electron chi connectivity index (χ1n) is 8.58. The van der Waals surface area contributed by atoms with Gasteiger partial charge < -0.3 is 28.5 Å². The molecular formula is C19H26O6. The maximum Gasteiger partial charge on any atom is 0.164 e. The van der Waals surface area contributed by atoms with Crippen molar-refractivity contribution in [2.45, 2.75) is 70.3 Å². The van der Waals surface area contributed by atoms with Crippen LogP contribution < -0.4 is 0 Å². The first-order valence-corrected chi connectivity index (χ1v) is 8.58. The molecule has 2 heterocycles. The van der Waals surface area contributed by atoms with E-state index in [-0.39, 0.29) is 6.10 Å². The molecule has 6 nitrogen and oxygen atoms in total. The third-order valence-electron chi connectivity index (χ3n) is 4.30. The van der Waals surface area contributed by atoms with Gasteiger partial charge in [0.1, 0.15) is 24.4 Å². The molecule has 0 amide bonds. The van der Waals surface area contributed by atoms with Crippen LogP contribution in [0.1, 0.15) is 33.3 Å². The number of hydrogen-bond donors (Lipinski definition) is 0. The Kier molecular flexibility index (Phi) is 5.27. The minimum atomic E-state index is -0.848. The highest BCUT2D eigenvalue weighted by Crippen LogP contribution is 2.35. The molecule has 0 aliphatic carbocycles. The minimum Gasteiger partial charge on any atom is -0.368 e. The molecular weight excluding hydrogens is 324 g/mol. The lowest BCUT2D eigenvalue weighted by Gasteiger charge is -2.30. The van der Waals surface area contributed by atoms with Gasteiger partial charge in [-0.15, -0.1) is 0 Å². The van der Waals surface area contributed by atoms with Crippen molar-refractivity contribution in [3.8, 4) is 0 Å². The Bertz CT molecular complexity index is 585. The van der Waals surface area contributed by atoms with E-state index in [9.17, 15) is 4.79 Å². The van der Waals surface area contributed by atoms with Crippen molar-refractivity contribution in [2.24, 2.45) is 0 Å². The minimum absolute atomic E-state index is 0.344. The summed E-state index contributed by atoms with van der Waals surface area (Å²) in [7, 11) is 0. The molecule has 1 aromatic rings. The first-order chi connectivity index (χ1) is 11.8. The molecule has 0 bridgehead atoms. The van der Waals surface area contributed by atoms with Crippen LogP contribution in [0.15, 0.2) is 30.3 Å². The maximum absolute atomic E-state index is 11.5. The fourth-order valence-corrected chi connectivity index (χ4v) is 3.23. The summed E-state index contributed by atoms with van der Waals surface area (Å²) in [6, 6.07) is 9.84. The van der Waals surface area contributed by atoms with E-state index in [1.54, 1.807) is 13.8 Å². The van der Waals surface area contributed by atoms with Gasteiger partial charge in [-0.25, -0.2) is 0 Å². The zero-order chi connectivity index (χ0) is 18.1. The molecule has 1 aromatic carbocycles. The molecule has 2 aliphatic rings. The lowest BCUT2D eigenvalue weighted by Crippen LogP contribution is -2.47. The van der Waals surface area contributed by atoms with Crippen LogP contribution >= 0.6 is 0 Å². The summed E-state index contributed by atoms with van der Waals surface area (Å²) >= 11 is 0. The first kappa shape index (κ1) is 18.5. The summed E-state index contributed by atoms with van der Waals surface area (Å²) in [6.07, 6.45) is -1.33. The van der Waals surface area contributed by atoms with Gasteiger partial charge in [0.05, 0.1) is 13.2 Å². The molecule has 0 aromatic heterocycles. The molecule has 6 heteroatoms. The molecule has 0 spiro atoms. The quantitative estimate of drug-likeness (QED) is 0.735. The number of carbonyl (C=O) groups excluding carboxylic acids is 1. The highest BCUT2D eigenvalue weighted by molar-refractivity contribution is 5.58. The SMILES string of the molecule is CC1(C)O[C@@H]([C@H](OCc2ccccc2)[C@@H]2COC(C)(C)O2)[C@H](C=O)O1. The Morgan fingerprint density at radius 1 is 1.12 bits per heavy atom. The lowest BCUT2D eigenvalue weighted by atomic mass is 10.0. The Morgan fingerprint density at radius 2 is 1.84 bits per heavy atom. The third kappa shape index (κ3) is 4.46. The van der Waals surface area contributed by atoms with E-state index in [4.69, 9.17) is 23.7 Å². The highest BCUT2D eigenvalue weighted by Gasteiger charge is 2.51. The monoisotopic (exact) mass is 350 g/mol. The van der Waals surface area contributed by atoms with Gasteiger partial charge in [0.2, 0.25) is 0 Å². The fraction of sp³-hybridized carbons (Fsp3) is 0.632. The van der Waals surface area contributed by atoms with E-state index in [1.165, 1.54) is 0 Å². The van der Waals surface area contributed by atoms with Gasteiger partial charge in [0, 0.05) is 0 Å². The predicted octanol–water partition coefficient (Wildman–Crippen LogP) is 2.44. The summed E-state index contributed by atoms with van der Waals surface area (Å²) in [5.41, 5.74) is 1.03. The van der Waals surface area contributed by atoms with Gasteiger partial charge in [-0.1, -0.05) is 30.3 Å². The van der Waals surface area contributed by atoms with Gasteiger partial charge in [0.25, 0.3) is 0 Å². The molecule has 0 radical (unpaired) electrons. The number of benzene rings is 1. The van der Waals surface area contributed by atoms with Crippen molar-refractivity contribution in [3.63, 3.8) is 0 Å². The van der Waals surface area contributed by atoms with Crippen molar-refractivity contribution in [1.82, 2.24) is 0 Å². The smallest absolute Gasteiger partial charge is 0.164 e. The van der Waals surface area contributed by atoms with E-state index >= 15 is 0 Å². The Morgan fingerprint density at radius 3 is 2.44 bits per heavy atom. The largest absolute Gasteiger partial charge is 0.368 e. The maximum atomic E-state index is 11.5. The van der Waals surface area contributed by atoms with Crippen LogP contribution in [0.4, 0.5) is 0 Å². The van der Waals surface area contributed by atoms with Gasteiger partial charge in [-0.3, -0.25) is 0 Å². The van der Waals surface area contributed by atoms with E-state index in [2.05, 4.69) is 0 Å². The average molecular weight is 350 g/mol. The van der Waals surface area contributed by atoms with E-state index in [0.29, 0.717) is 13.2 Å². The van der Waals surface area contributed by atoms with Crippen molar-refractivity contribution in [2.75, 3.05) is 6.61 Å². The zero-order valence-corrected chi connectivity index (χ0v) is 15.1. The van der Waals surface area contributed by atoms with Crippen LogP contribution in [0.2, 0.25) is 0 Å². The van der Waals surface area contributed by atoms with Crippen LogP contribution in [0.5, 0.6) is 0 Å². The number of hydrogen-bond acceptors (Lipinski definition) is 6. The summed E-state index contributed by atoms with van der Waals surface area (Å²) in [6.45, 7) is 8.04. The number of aldehydes is 1. The second-order valence-corrected chi connectivity index (χ2v) is 7.33. The van der Waals surface area contributed by atoms with Crippen molar-refractivity contribution >= 4 is 6.29 Å². The van der Waals surface area contributed by atoms with Crippen LogP contribution in [0.25, 0.3) is 0 Å². The summed E-state index contributed by atoms with van der Waals surface area (Å²) in [4.78, 5) is 11.5. The zero-order valence-electron chi connectivity index (χ0n) is 15.1. The Labute approximate surface area is 148 Å². The van der Waals surface area contributed by atoms with Gasteiger partial charge >= 0.3 is 0 Å². The second-order valence-electron chi connectivity index (χ2n) is 7.33. The van der Waals surface area contributed by atoms with Gasteiger partial charge in [-0.05, 0) is 33.3 Å². The van der Waals surface area contributed by atoms with Gasteiger partial charge in [-0.2, -0.15) is 0 Å². The molecule has 0 unspecified atom stereocenters. The normalized spacial score (nSPS) is 31.8. The van der Waals surface area contributed by atoms with Crippen LogP contribution in [0.3, 0.4) is 0 Å². The molecule has 2 saturated heterocycles. The number of ether oxygens (including phenoxy) is 5. The standard InChI is InChI=1S/C19H26O6/c1-18(2)22-12-15(24-18)16(21-11-13-8-6-5-7-9-13)17-14(10-20)23-19(3,4)25-17/h5-10,14-17H,11-12H2,1-4H3/t14-,15-,16+,17+/m0/s1. The molecule has 2 aliphatic heterocycles. The van der Waals surface area contributed by atoms with Crippen LogP contribution in [-0.2, 0) is 35.1 Å². The Balaban J connectivity index is 1.78. The van der Waals surface area contributed by atoms with Crippen molar-refractivity contribution < 1.29 is 28.5 Å². The van der Waals surface area contributed by atoms with Crippen LogP contribution in [0, 0.1) is 0 Å². The average Bonchev–Trinajstić information content (AvgIpc) is 3.07. The second kappa shape index (κ2) is 7.13. The number of rotatable bonds is 6. The van der Waals surface area contributed by atoms with Crippen molar-refractivity contribution in [1.29, 1.82) is 0 Å². The molecule has 4 atom stereocenters. The highest BCUT2D eigenvalue weighted by atomic mass is 16.8. The summed E-state index contributed by atoms with van der Waals surface area (Å²) < 4.78 is 29.5. The third-order valence-corrected chi connectivity index (χ3v) is 4.30.